The molecule has 160 valence electrons. The Morgan fingerprint density at radius 2 is 1.80 bits per heavy atom. The lowest BCUT2D eigenvalue weighted by Gasteiger charge is -2.38. The van der Waals surface area contributed by atoms with Gasteiger partial charge in [0.05, 0.1) is 24.9 Å². The molecule has 0 radical (unpaired) electrons. The number of carbonyl (C=O) groups excluding carboxylic acids is 1. The van der Waals surface area contributed by atoms with E-state index in [4.69, 9.17) is 4.74 Å². The zero-order chi connectivity index (χ0) is 20.9. The zero-order valence-electron chi connectivity index (χ0n) is 18.2. The molecule has 1 aliphatic heterocycles. The van der Waals surface area contributed by atoms with Crippen LogP contribution in [0.2, 0.25) is 0 Å². The summed E-state index contributed by atoms with van der Waals surface area (Å²) in [6, 6.07) is 17.0. The van der Waals surface area contributed by atoms with E-state index in [9.17, 15) is 4.79 Å². The summed E-state index contributed by atoms with van der Waals surface area (Å²) < 4.78 is 5.79. The molecule has 2 aromatic carbocycles. The van der Waals surface area contributed by atoms with Gasteiger partial charge in [0.15, 0.2) is 0 Å². The Hall–Kier alpha value is -2.53. The third-order valence-corrected chi connectivity index (χ3v) is 6.44. The number of likely N-dealkylation sites (N-methyl/N-ethyl adjacent to an activating group) is 1. The first-order valence-electron chi connectivity index (χ1n) is 11.2. The Morgan fingerprint density at radius 3 is 2.60 bits per heavy atom. The Balaban J connectivity index is 1.34. The lowest BCUT2D eigenvalue weighted by atomic mass is 9.87. The minimum absolute atomic E-state index is 0.210. The van der Waals surface area contributed by atoms with E-state index in [1.807, 2.05) is 31.0 Å². The van der Waals surface area contributed by atoms with Crippen molar-refractivity contribution in [3.8, 4) is 5.75 Å². The number of anilines is 1. The number of ether oxygens (including phenoxy) is 1. The second kappa shape index (κ2) is 9.52. The molecule has 1 aliphatic carbocycles. The van der Waals surface area contributed by atoms with E-state index in [0.29, 0.717) is 13.2 Å². The molecule has 1 amide bonds. The normalized spacial score (nSPS) is 19.3. The Labute approximate surface area is 180 Å². The summed E-state index contributed by atoms with van der Waals surface area (Å²) in [6.07, 6.45) is 3.33. The molecule has 0 spiro atoms. The lowest BCUT2D eigenvalue weighted by Crippen LogP contribution is -2.50. The highest BCUT2D eigenvalue weighted by Crippen LogP contribution is 2.33. The topological polar surface area (TPSA) is 36.0 Å². The van der Waals surface area contributed by atoms with Gasteiger partial charge in [-0.2, -0.15) is 0 Å². The van der Waals surface area contributed by atoms with Crippen molar-refractivity contribution >= 4 is 11.6 Å². The van der Waals surface area contributed by atoms with E-state index in [1.165, 1.54) is 11.1 Å². The van der Waals surface area contributed by atoms with Crippen molar-refractivity contribution in [2.45, 2.75) is 32.2 Å². The fraction of sp³-hybridized carbons (Fsp3) is 0.480. The summed E-state index contributed by atoms with van der Waals surface area (Å²) in [5.74, 6) is 1.17. The van der Waals surface area contributed by atoms with Gasteiger partial charge in [-0.3, -0.25) is 9.69 Å². The maximum absolute atomic E-state index is 13.1. The number of hydrogen-bond donors (Lipinski definition) is 0. The quantitative estimate of drug-likeness (QED) is 0.731. The predicted octanol–water partition coefficient (Wildman–Crippen LogP) is 3.74. The minimum atomic E-state index is 0.210. The van der Waals surface area contributed by atoms with E-state index < -0.39 is 0 Å². The number of amides is 1. The number of nitrogens with zero attached hydrogens (tertiary/aromatic N) is 3. The van der Waals surface area contributed by atoms with Gasteiger partial charge in [0, 0.05) is 33.2 Å². The molecule has 1 atom stereocenters. The maximum Gasteiger partial charge on any atom is 0.237 e. The Kier molecular flexibility index (Phi) is 6.58. The van der Waals surface area contributed by atoms with Crippen LogP contribution in [0.4, 0.5) is 5.69 Å². The predicted molar refractivity (Wildman–Crippen MR) is 121 cm³/mol. The van der Waals surface area contributed by atoms with E-state index >= 15 is 0 Å². The number of benzene rings is 2. The van der Waals surface area contributed by atoms with Crippen LogP contribution in [-0.2, 0) is 11.2 Å². The van der Waals surface area contributed by atoms with E-state index in [1.54, 1.807) is 0 Å². The van der Waals surface area contributed by atoms with Gasteiger partial charge in [0.25, 0.3) is 0 Å². The summed E-state index contributed by atoms with van der Waals surface area (Å²) in [5, 5.41) is 0. The first kappa shape index (κ1) is 20.7. The van der Waals surface area contributed by atoms with Crippen LogP contribution >= 0.6 is 0 Å². The second-order valence-electron chi connectivity index (χ2n) is 8.28. The molecule has 0 saturated carbocycles. The summed E-state index contributed by atoms with van der Waals surface area (Å²) in [4.78, 5) is 19.7. The van der Waals surface area contributed by atoms with Gasteiger partial charge in [-0.1, -0.05) is 36.4 Å². The number of piperazine rings is 1. The summed E-state index contributed by atoms with van der Waals surface area (Å²) >= 11 is 0. The molecule has 0 aromatic heterocycles. The van der Waals surface area contributed by atoms with Crippen LogP contribution in [0.5, 0.6) is 5.75 Å². The zero-order valence-corrected chi connectivity index (χ0v) is 18.2. The standard InChI is InChI=1S/C25H33N3O2/c1-3-30-24-14-7-6-12-23(24)28-17-15-27(16-18-28)19-25(29)26(2)22-13-8-10-20-9-4-5-11-21(20)22/h4-7,9,11-12,14,22H,3,8,10,13,15-19H2,1-2H3/t22-/m0/s1. The van der Waals surface area contributed by atoms with Gasteiger partial charge in [0.1, 0.15) is 5.75 Å². The lowest BCUT2D eigenvalue weighted by molar-refractivity contribution is -0.133. The average molecular weight is 408 g/mol. The highest BCUT2D eigenvalue weighted by molar-refractivity contribution is 5.78. The van der Waals surface area contributed by atoms with Crippen LogP contribution < -0.4 is 9.64 Å². The molecule has 0 N–H and O–H groups in total. The molecule has 5 heteroatoms. The molecule has 2 aliphatic rings. The third-order valence-electron chi connectivity index (χ3n) is 6.44. The number of rotatable bonds is 6. The van der Waals surface area contributed by atoms with Gasteiger partial charge in [-0.15, -0.1) is 0 Å². The van der Waals surface area contributed by atoms with Crippen molar-refractivity contribution in [3.05, 3.63) is 59.7 Å². The Morgan fingerprint density at radius 1 is 1.07 bits per heavy atom. The molecule has 0 unspecified atom stereocenters. The molecule has 0 bridgehead atoms. The number of aryl methyl sites for hydroxylation is 1. The van der Waals surface area contributed by atoms with Crippen LogP contribution in [0.3, 0.4) is 0 Å². The van der Waals surface area contributed by atoms with Gasteiger partial charge in [0.2, 0.25) is 5.91 Å². The second-order valence-corrected chi connectivity index (χ2v) is 8.28. The first-order valence-corrected chi connectivity index (χ1v) is 11.2. The van der Waals surface area contributed by atoms with Crippen LogP contribution in [0.1, 0.15) is 36.9 Å². The van der Waals surface area contributed by atoms with Crippen LogP contribution in [0.15, 0.2) is 48.5 Å². The third kappa shape index (κ3) is 4.46. The van der Waals surface area contributed by atoms with Crippen LogP contribution in [0, 0.1) is 0 Å². The number of hydrogen-bond acceptors (Lipinski definition) is 4. The monoisotopic (exact) mass is 407 g/mol. The smallest absolute Gasteiger partial charge is 0.237 e. The van der Waals surface area contributed by atoms with Crippen molar-refractivity contribution in [2.75, 3.05) is 51.3 Å². The number of para-hydroxylation sites is 2. The summed E-state index contributed by atoms with van der Waals surface area (Å²) in [7, 11) is 1.98. The van der Waals surface area contributed by atoms with E-state index in [0.717, 1.165) is 56.9 Å². The molecule has 1 heterocycles. The van der Waals surface area contributed by atoms with Gasteiger partial charge < -0.3 is 14.5 Å². The molecule has 1 saturated heterocycles. The number of fused-ring (bicyclic) bond motifs is 1. The molecule has 2 aromatic rings. The summed E-state index contributed by atoms with van der Waals surface area (Å²) in [6.45, 7) is 6.78. The number of carbonyl (C=O) groups is 1. The molecule has 1 fully saturated rings. The SMILES string of the molecule is CCOc1ccccc1N1CCN(CC(=O)N(C)[C@H]2CCCc3ccccc32)CC1. The van der Waals surface area contributed by atoms with Crippen LogP contribution in [-0.4, -0.2) is 62.1 Å². The average Bonchev–Trinajstić information content (AvgIpc) is 2.79. The van der Waals surface area contributed by atoms with Gasteiger partial charge in [-0.25, -0.2) is 0 Å². The largest absolute Gasteiger partial charge is 0.492 e. The van der Waals surface area contributed by atoms with Crippen molar-refractivity contribution in [1.29, 1.82) is 0 Å². The molecular formula is C25H33N3O2. The highest BCUT2D eigenvalue weighted by Gasteiger charge is 2.28. The van der Waals surface area contributed by atoms with Crippen molar-refractivity contribution in [1.82, 2.24) is 9.80 Å². The fourth-order valence-corrected chi connectivity index (χ4v) is 4.75. The molecule has 30 heavy (non-hydrogen) atoms. The van der Waals surface area contributed by atoms with Crippen molar-refractivity contribution in [3.63, 3.8) is 0 Å². The Bertz CT molecular complexity index is 861. The summed E-state index contributed by atoms with van der Waals surface area (Å²) in [5.41, 5.74) is 3.88. The first-order chi connectivity index (χ1) is 14.7. The maximum atomic E-state index is 13.1. The van der Waals surface area contributed by atoms with Crippen LogP contribution in [0.25, 0.3) is 0 Å². The fourth-order valence-electron chi connectivity index (χ4n) is 4.75. The van der Waals surface area contributed by atoms with Crippen molar-refractivity contribution < 1.29 is 9.53 Å². The minimum Gasteiger partial charge on any atom is -0.492 e. The van der Waals surface area contributed by atoms with Crippen molar-refractivity contribution in [2.24, 2.45) is 0 Å². The van der Waals surface area contributed by atoms with Gasteiger partial charge >= 0.3 is 0 Å². The molecule has 4 rings (SSSR count). The highest BCUT2D eigenvalue weighted by atomic mass is 16.5. The molecule has 5 nitrogen and oxygen atoms in total. The van der Waals surface area contributed by atoms with Gasteiger partial charge in [-0.05, 0) is 49.4 Å². The van der Waals surface area contributed by atoms with E-state index in [2.05, 4.69) is 46.2 Å². The van der Waals surface area contributed by atoms with E-state index in [-0.39, 0.29) is 11.9 Å². The molecular weight excluding hydrogens is 374 g/mol.